The Bertz CT molecular complexity index is 984. The Hall–Kier alpha value is -2.51. The second-order valence-corrected chi connectivity index (χ2v) is 9.14. The van der Waals surface area contributed by atoms with E-state index in [0.717, 1.165) is 43.7 Å². The molecule has 0 spiro atoms. The zero-order valence-corrected chi connectivity index (χ0v) is 19.3. The summed E-state index contributed by atoms with van der Waals surface area (Å²) >= 11 is 5.88. The number of carbonyl (C=O) groups excluding carboxylic acids is 1. The average molecular weight is 462 g/mol. The van der Waals surface area contributed by atoms with Crippen molar-refractivity contribution in [2.75, 3.05) is 33.1 Å². The Balaban J connectivity index is 1.48. The van der Waals surface area contributed by atoms with Crippen molar-refractivity contribution in [2.45, 2.75) is 43.2 Å². The van der Waals surface area contributed by atoms with E-state index in [1.807, 2.05) is 6.07 Å². The van der Waals surface area contributed by atoms with Crippen molar-refractivity contribution >= 4 is 23.3 Å². The van der Waals surface area contributed by atoms with Gasteiger partial charge in [-0.25, -0.2) is 9.18 Å². The maximum absolute atomic E-state index is 13.6. The fraction of sp³-hybridized carbons (Fsp3) is 0.458. The molecule has 2 aliphatic rings. The first-order valence-corrected chi connectivity index (χ1v) is 11.2. The summed E-state index contributed by atoms with van der Waals surface area (Å²) in [5.74, 6) is 0.971. The van der Waals surface area contributed by atoms with Crippen molar-refractivity contribution in [3.63, 3.8) is 0 Å². The van der Waals surface area contributed by atoms with E-state index in [9.17, 15) is 9.18 Å². The molecule has 0 unspecified atom stereocenters. The largest absolute Gasteiger partial charge is 0.493 e. The number of benzene rings is 2. The number of anilines is 1. The summed E-state index contributed by atoms with van der Waals surface area (Å²) in [4.78, 5) is 14.9. The van der Waals surface area contributed by atoms with Gasteiger partial charge in [-0.1, -0.05) is 17.7 Å². The van der Waals surface area contributed by atoms with E-state index < -0.39 is 5.82 Å². The molecule has 0 aromatic heterocycles. The fourth-order valence-electron chi connectivity index (χ4n) is 5.37. The Labute approximate surface area is 193 Å². The van der Waals surface area contributed by atoms with E-state index in [1.54, 1.807) is 14.2 Å². The molecule has 8 heteroatoms. The zero-order chi connectivity index (χ0) is 22.9. The van der Waals surface area contributed by atoms with E-state index in [2.05, 4.69) is 34.7 Å². The number of urea groups is 1. The topological polar surface area (TPSA) is 62.8 Å². The van der Waals surface area contributed by atoms with Crippen molar-refractivity contribution in [1.82, 2.24) is 10.2 Å². The molecule has 172 valence electrons. The van der Waals surface area contributed by atoms with Gasteiger partial charge in [0.15, 0.2) is 11.5 Å². The molecule has 2 aromatic carbocycles. The molecule has 4 rings (SSSR count). The van der Waals surface area contributed by atoms with Crippen molar-refractivity contribution in [3.05, 3.63) is 52.8 Å². The highest BCUT2D eigenvalue weighted by atomic mass is 35.5. The van der Waals surface area contributed by atoms with Crippen LogP contribution in [0.15, 0.2) is 36.4 Å². The van der Waals surface area contributed by atoms with Crippen molar-refractivity contribution in [2.24, 2.45) is 0 Å². The van der Waals surface area contributed by atoms with E-state index in [-0.39, 0.29) is 22.5 Å². The summed E-state index contributed by atoms with van der Waals surface area (Å²) in [5, 5.41) is 6.00. The number of likely N-dealkylation sites (N-methyl/N-ethyl adjacent to an activating group) is 1. The van der Waals surface area contributed by atoms with Gasteiger partial charge in [0.25, 0.3) is 0 Å². The molecule has 32 heavy (non-hydrogen) atoms. The van der Waals surface area contributed by atoms with Crippen LogP contribution in [0.4, 0.5) is 14.9 Å². The van der Waals surface area contributed by atoms with Gasteiger partial charge in [-0.3, -0.25) is 0 Å². The SMILES string of the molecule is COc1ccc([C@@]23CC[C@@H](NC(=O)Nc4cc(F)cc(Cl)c4)C[C@@H]2N(C)CC3)cc1OC. The van der Waals surface area contributed by atoms with Crippen molar-refractivity contribution in [1.29, 1.82) is 0 Å². The van der Waals surface area contributed by atoms with Crippen LogP contribution in [-0.4, -0.2) is 50.8 Å². The molecule has 1 saturated heterocycles. The third kappa shape index (κ3) is 4.36. The Morgan fingerprint density at radius 2 is 1.94 bits per heavy atom. The quantitative estimate of drug-likeness (QED) is 0.670. The second kappa shape index (κ2) is 9.16. The first-order valence-electron chi connectivity index (χ1n) is 10.8. The van der Waals surface area contributed by atoms with Crippen LogP contribution in [-0.2, 0) is 5.41 Å². The molecule has 1 aliphatic carbocycles. The lowest BCUT2D eigenvalue weighted by Gasteiger charge is -2.45. The first kappa shape index (κ1) is 22.7. The van der Waals surface area contributed by atoms with Gasteiger partial charge >= 0.3 is 6.03 Å². The third-order valence-corrected chi connectivity index (χ3v) is 7.16. The number of hydrogen-bond donors (Lipinski definition) is 2. The number of carbonyl (C=O) groups is 1. The normalized spacial score (nSPS) is 25.2. The van der Waals surface area contributed by atoms with Crippen LogP contribution >= 0.6 is 11.6 Å². The van der Waals surface area contributed by atoms with Gasteiger partial charge in [-0.15, -0.1) is 0 Å². The van der Waals surface area contributed by atoms with Gasteiger partial charge in [0.1, 0.15) is 5.82 Å². The second-order valence-electron chi connectivity index (χ2n) is 8.70. The maximum atomic E-state index is 13.6. The summed E-state index contributed by atoms with van der Waals surface area (Å²) in [5.41, 5.74) is 1.60. The summed E-state index contributed by atoms with van der Waals surface area (Å²) in [6.07, 6.45) is 3.71. The zero-order valence-electron chi connectivity index (χ0n) is 18.6. The molecule has 1 aliphatic heterocycles. The van der Waals surface area contributed by atoms with Crippen LogP contribution in [0.25, 0.3) is 0 Å². The molecule has 0 bridgehead atoms. The predicted octanol–water partition coefficient (Wildman–Crippen LogP) is 4.81. The van der Waals surface area contributed by atoms with Crippen LogP contribution < -0.4 is 20.1 Å². The molecule has 3 atom stereocenters. The summed E-state index contributed by atoms with van der Waals surface area (Å²) in [7, 11) is 5.44. The molecule has 6 nitrogen and oxygen atoms in total. The van der Waals surface area contributed by atoms with Crippen LogP contribution in [0.5, 0.6) is 11.5 Å². The standard InChI is InChI=1S/C24H29ClFN3O3/c1-29-9-8-24(15-4-5-20(31-2)21(10-15)32-3)7-6-18(14-22(24)29)27-23(30)28-19-12-16(25)11-17(26)13-19/h4-5,10-13,18,22H,6-9,14H2,1-3H3,(H2,27,28,30)/t18-,22+,24+/m1/s1. The number of fused-ring (bicyclic) bond motifs is 1. The van der Waals surface area contributed by atoms with Gasteiger partial charge < -0.3 is 25.0 Å². The Morgan fingerprint density at radius 1 is 1.16 bits per heavy atom. The molecule has 2 N–H and O–H groups in total. The fourth-order valence-corrected chi connectivity index (χ4v) is 5.59. The summed E-state index contributed by atoms with van der Waals surface area (Å²) in [6.45, 7) is 1.000. The number of halogens is 2. The number of amides is 2. The third-order valence-electron chi connectivity index (χ3n) is 6.94. The summed E-state index contributed by atoms with van der Waals surface area (Å²) in [6, 6.07) is 10.2. The minimum atomic E-state index is -0.488. The number of ether oxygens (including phenoxy) is 2. The number of nitrogens with zero attached hydrogens (tertiary/aromatic N) is 1. The van der Waals surface area contributed by atoms with Crippen LogP contribution in [0.3, 0.4) is 0 Å². The Kier molecular flexibility index (Phi) is 6.49. The molecule has 0 radical (unpaired) electrons. The first-order chi connectivity index (χ1) is 15.3. The van der Waals surface area contributed by atoms with E-state index in [0.29, 0.717) is 11.7 Å². The van der Waals surface area contributed by atoms with Crippen LogP contribution in [0.2, 0.25) is 5.02 Å². The van der Waals surface area contributed by atoms with Gasteiger partial charge in [0, 0.05) is 28.2 Å². The molecule has 1 saturated carbocycles. The highest BCUT2D eigenvalue weighted by Crippen LogP contribution is 2.49. The summed E-state index contributed by atoms with van der Waals surface area (Å²) < 4.78 is 24.5. The Morgan fingerprint density at radius 3 is 2.66 bits per heavy atom. The molecule has 2 amide bonds. The van der Waals surface area contributed by atoms with Gasteiger partial charge in [0.05, 0.1) is 14.2 Å². The maximum Gasteiger partial charge on any atom is 0.319 e. The molecule has 1 heterocycles. The highest BCUT2D eigenvalue weighted by molar-refractivity contribution is 6.30. The minimum absolute atomic E-state index is 0.0129. The van der Waals surface area contributed by atoms with Crippen molar-refractivity contribution in [3.8, 4) is 11.5 Å². The van der Waals surface area contributed by atoms with Gasteiger partial charge in [-0.05, 0) is 75.2 Å². The van der Waals surface area contributed by atoms with Crippen LogP contribution in [0, 0.1) is 5.82 Å². The lowest BCUT2D eigenvalue weighted by atomic mass is 9.65. The number of likely N-dealkylation sites (tertiary alicyclic amines) is 1. The number of methoxy groups -OCH3 is 2. The highest BCUT2D eigenvalue weighted by Gasteiger charge is 2.50. The van der Waals surface area contributed by atoms with Gasteiger partial charge in [0.2, 0.25) is 0 Å². The smallest absolute Gasteiger partial charge is 0.319 e. The molecular weight excluding hydrogens is 433 g/mol. The average Bonchev–Trinajstić information content (AvgIpc) is 3.09. The number of hydrogen-bond acceptors (Lipinski definition) is 4. The molecule has 2 aromatic rings. The minimum Gasteiger partial charge on any atom is -0.493 e. The number of nitrogens with one attached hydrogen (secondary N) is 2. The molecule has 2 fully saturated rings. The number of rotatable bonds is 5. The van der Waals surface area contributed by atoms with Crippen molar-refractivity contribution < 1.29 is 18.7 Å². The lowest BCUT2D eigenvalue weighted by Crippen LogP contribution is -2.52. The monoisotopic (exact) mass is 461 g/mol. The predicted molar refractivity (Wildman–Crippen MR) is 123 cm³/mol. The molecular formula is C24H29ClFN3O3. The van der Waals surface area contributed by atoms with E-state index in [4.69, 9.17) is 21.1 Å². The van der Waals surface area contributed by atoms with Crippen LogP contribution in [0.1, 0.15) is 31.2 Å². The lowest BCUT2D eigenvalue weighted by molar-refractivity contribution is 0.156. The van der Waals surface area contributed by atoms with E-state index in [1.165, 1.54) is 23.8 Å². The van der Waals surface area contributed by atoms with Gasteiger partial charge in [-0.2, -0.15) is 0 Å². The van der Waals surface area contributed by atoms with E-state index >= 15 is 0 Å².